The number of Topliss-reactive ketones (excluding diaryl/α,β-unsaturated/α-hetero) is 1. The van der Waals surface area contributed by atoms with Crippen molar-refractivity contribution in [2.75, 3.05) is 0 Å². The van der Waals surface area contributed by atoms with Gasteiger partial charge in [0.25, 0.3) is 0 Å². The van der Waals surface area contributed by atoms with Crippen molar-refractivity contribution in [1.82, 2.24) is 0 Å². The molecule has 0 spiro atoms. The fraction of sp³-hybridized carbons (Fsp3) is 0.833. The largest absolute Gasteiger partial charge is 0.299 e. The molecule has 0 N–H and O–H groups in total. The first-order chi connectivity index (χ1) is 9.20. The monoisotopic (exact) mass is 258 g/mol. The molecular formula is C18H26O. The molecule has 0 aromatic heterocycles. The Morgan fingerprint density at radius 2 is 1.95 bits per heavy atom. The zero-order valence-corrected chi connectivity index (χ0v) is 12.1. The lowest BCUT2D eigenvalue weighted by Gasteiger charge is -2.53. The summed E-state index contributed by atoms with van der Waals surface area (Å²) in [5.41, 5.74) is 0.0680. The minimum absolute atomic E-state index is 0.0680. The van der Waals surface area contributed by atoms with Gasteiger partial charge >= 0.3 is 0 Å². The van der Waals surface area contributed by atoms with Gasteiger partial charge in [-0.3, -0.25) is 4.79 Å². The molecule has 1 heteroatoms. The molecule has 0 aromatic carbocycles. The van der Waals surface area contributed by atoms with E-state index >= 15 is 0 Å². The van der Waals surface area contributed by atoms with E-state index < -0.39 is 0 Å². The molecule has 4 rings (SSSR count). The number of carbonyl (C=O) groups is 1. The Labute approximate surface area is 116 Å². The molecule has 0 saturated heterocycles. The van der Waals surface area contributed by atoms with Crippen molar-refractivity contribution in [1.29, 1.82) is 0 Å². The van der Waals surface area contributed by atoms with Crippen LogP contribution < -0.4 is 0 Å². The van der Waals surface area contributed by atoms with Crippen molar-refractivity contribution in [3.63, 3.8) is 0 Å². The normalized spacial score (nSPS) is 52.5. The van der Waals surface area contributed by atoms with Gasteiger partial charge in [0.2, 0.25) is 0 Å². The van der Waals surface area contributed by atoms with Crippen LogP contribution in [-0.2, 0) is 4.79 Å². The van der Waals surface area contributed by atoms with Crippen molar-refractivity contribution < 1.29 is 4.79 Å². The predicted molar refractivity (Wildman–Crippen MR) is 76.6 cm³/mol. The summed E-state index contributed by atoms with van der Waals surface area (Å²) in [4.78, 5) is 12.3. The maximum Gasteiger partial charge on any atom is 0.139 e. The minimum atomic E-state index is 0.0680. The van der Waals surface area contributed by atoms with Gasteiger partial charge in [0.1, 0.15) is 5.78 Å². The van der Waals surface area contributed by atoms with E-state index in [2.05, 4.69) is 19.1 Å². The van der Waals surface area contributed by atoms with Crippen molar-refractivity contribution in [3.05, 3.63) is 12.2 Å². The first-order valence-electron chi connectivity index (χ1n) is 8.40. The highest BCUT2D eigenvalue weighted by Crippen LogP contribution is 2.60. The Bertz CT molecular complexity index is 423. The molecule has 0 aliphatic heterocycles. The quantitative estimate of drug-likeness (QED) is 0.589. The second-order valence-corrected chi connectivity index (χ2v) is 7.76. The molecule has 6 atom stereocenters. The molecule has 0 amide bonds. The van der Waals surface area contributed by atoms with Gasteiger partial charge in [-0.15, -0.1) is 0 Å². The molecule has 0 aromatic rings. The van der Waals surface area contributed by atoms with Gasteiger partial charge < -0.3 is 0 Å². The van der Waals surface area contributed by atoms with E-state index in [9.17, 15) is 4.79 Å². The first-order valence-corrected chi connectivity index (χ1v) is 8.40. The molecular weight excluding hydrogens is 232 g/mol. The highest BCUT2D eigenvalue weighted by Gasteiger charge is 2.56. The van der Waals surface area contributed by atoms with E-state index in [0.29, 0.717) is 5.78 Å². The maximum absolute atomic E-state index is 12.3. The maximum atomic E-state index is 12.3. The van der Waals surface area contributed by atoms with Crippen molar-refractivity contribution >= 4 is 5.78 Å². The molecule has 0 bridgehead atoms. The number of fused-ring (bicyclic) bond motifs is 5. The van der Waals surface area contributed by atoms with Crippen molar-refractivity contribution in [2.24, 2.45) is 35.0 Å². The Balaban J connectivity index is 1.63. The second-order valence-electron chi connectivity index (χ2n) is 7.76. The molecule has 4 aliphatic carbocycles. The van der Waals surface area contributed by atoms with E-state index in [-0.39, 0.29) is 5.41 Å². The van der Waals surface area contributed by atoms with Crippen LogP contribution >= 0.6 is 0 Å². The number of carbonyl (C=O) groups excluding carboxylic acids is 1. The number of hydrogen-bond donors (Lipinski definition) is 0. The summed E-state index contributed by atoms with van der Waals surface area (Å²) in [5, 5.41) is 0. The van der Waals surface area contributed by atoms with Gasteiger partial charge in [-0.05, 0) is 74.5 Å². The van der Waals surface area contributed by atoms with E-state index in [0.717, 1.165) is 36.0 Å². The third-order valence-electron chi connectivity index (χ3n) is 7.18. The molecule has 3 saturated carbocycles. The summed E-state index contributed by atoms with van der Waals surface area (Å²) in [7, 11) is 0. The summed E-state index contributed by atoms with van der Waals surface area (Å²) in [6, 6.07) is 0. The summed E-state index contributed by atoms with van der Waals surface area (Å²) >= 11 is 0. The smallest absolute Gasteiger partial charge is 0.139 e. The first kappa shape index (κ1) is 12.2. The number of ketones is 1. The topological polar surface area (TPSA) is 17.1 Å². The fourth-order valence-corrected chi connectivity index (χ4v) is 6.18. The molecule has 104 valence electrons. The van der Waals surface area contributed by atoms with Crippen LogP contribution in [0.15, 0.2) is 12.2 Å². The highest BCUT2D eigenvalue weighted by atomic mass is 16.1. The standard InChI is InChI=1S/C18H26O/c1-18-11-10-14-13-5-3-2-4-12(13)6-7-15(14)16(18)8-9-17(18)19/h2,4,12-16H,3,5-11H2,1H3/t12-,13-,14+,15+,16-,18-/m0/s1. The van der Waals surface area contributed by atoms with Crippen LogP contribution in [0.5, 0.6) is 0 Å². The Hall–Kier alpha value is -0.590. The van der Waals surface area contributed by atoms with E-state index in [4.69, 9.17) is 0 Å². The number of hydrogen-bond acceptors (Lipinski definition) is 1. The zero-order chi connectivity index (χ0) is 13.0. The third-order valence-corrected chi connectivity index (χ3v) is 7.18. The number of allylic oxidation sites excluding steroid dienone is 2. The van der Waals surface area contributed by atoms with Gasteiger partial charge in [-0.1, -0.05) is 19.1 Å². The van der Waals surface area contributed by atoms with Gasteiger partial charge in [-0.25, -0.2) is 0 Å². The van der Waals surface area contributed by atoms with E-state index in [1.54, 1.807) is 0 Å². The Morgan fingerprint density at radius 1 is 1.05 bits per heavy atom. The molecule has 0 heterocycles. The summed E-state index contributed by atoms with van der Waals surface area (Å²) in [6.07, 6.45) is 15.0. The molecule has 0 unspecified atom stereocenters. The predicted octanol–water partition coefficient (Wildman–Crippen LogP) is 4.37. The lowest BCUT2D eigenvalue weighted by Crippen LogP contribution is -2.47. The van der Waals surface area contributed by atoms with Crippen molar-refractivity contribution in [2.45, 2.75) is 58.3 Å². The highest BCUT2D eigenvalue weighted by molar-refractivity contribution is 5.87. The van der Waals surface area contributed by atoms with Crippen LogP contribution in [0.4, 0.5) is 0 Å². The van der Waals surface area contributed by atoms with Gasteiger partial charge in [-0.2, -0.15) is 0 Å². The van der Waals surface area contributed by atoms with E-state index in [1.807, 2.05) is 0 Å². The van der Waals surface area contributed by atoms with Crippen LogP contribution in [-0.4, -0.2) is 5.78 Å². The van der Waals surface area contributed by atoms with Crippen LogP contribution in [0.1, 0.15) is 58.3 Å². The number of rotatable bonds is 0. The Morgan fingerprint density at radius 3 is 2.84 bits per heavy atom. The Kier molecular flexibility index (Phi) is 2.69. The molecule has 4 aliphatic rings. The minimum Gasteiger partial charge on any atom is -0.299 e. The fourth-order valence-electron chi connectivity index (χ4n) is 6.18. The third kappa shape index (κ3) is 1.63. The summed E-state index contributed by atoms with van der Waals surface area (Å²) in [5.74, 6) is 4.94. The lowest BCUT2D eigenvalue weighted by atomic mass is 9.51. The molecule has 1 nitrogen and oxygen atoms in total. The molecule has 3 fully saturated rings. The summed E-state index contributed by atoms with van der Waals surface area (Å²) in [6.45, 7) is 2.29. The van der Waals surface area contributed by atoms with Gasteiger partial charge in [0.05, 0.1) is 0 Å². The van der Waals surface area contributed by atoms with Gasteiger partial charge in [0.15, 0.2) is 0 Å². The molecule has 0 radical (unpaired) electrons. The summed E-state index contributed by atoms with van der Waals surface area (Å²) < 4.78 is 0. The van der Waals surface area contributed by atoms with Crippen molar-refractivity contribution in [3.8, 4) is 0 Å². The zero-order valence-electron chi connectivity index (χ0n) is 12.1. The average Bonchev–Trinajstić information content (AvgIpc) is 2.75. The lowest BCUT2D eigenvalue weighted by molar-refractivity contribution is -0.132. The second kappa shape index (κ2) is 4.20. The van der Waals surface area contributed by atoms with Crippen LogP contribution in [0.3, 0.4) is 0 Å². The molecule has 19 heavy (non-hydrogen) atoms. The SMILES string of the molecule is C[C@]12CC[C@@H]3[C@H]4CCC=C[C@H]4CC[C@H]3[C@@H]1CCC2=O. The average molecular weight is 258 g/mol. The van der Waals surface area contributed by atoms with Crippen LogP contribution in [0, 0.1) is 35.0 Å². The van der Waals surface area contributed by atoms with Gasteiger partial charge in [0, 0.05) is 11.8 Å². The van der Waals surface area contributed by atoms with Crippen LogP contribution in [0.2, 0.25) is 0 Å². The van der Waals surface area contributed by atoms with Crippen LogP contribution in [0.25, 0.3) is 0 Å². The van der Waals surface area contributed by atoms with E-state index in [1.165, 1.54) is 44.9 Å².